The van der Waals surface area contributed by atoms with E-state index in [-0.39, 0.29) is 0 Å². The predicted octanol–water partition coefficient (Wildman–Crippen LogP) is 4.41. The predicted molar refractivity (Wildman–Crippen MR) is 80.9 cm³/mol. The molecule has 1 N–H and O–H groups in total. The van der Waals surface area contributed by atoms with E-state index in [9.17, 15) is 0 Å². The average molecular weight is 282 g/mol. The van der Waals surface area contributed by atoms with Crippen LogP contribution in [0.3, 0.4) is 0 Å². The Morgan fingerprint density at radius 1 is 1.32 bits per heavy atom. The Kier molecular flexibility index (Phi) is 5.53. The van der Waals surface area contributed by atoms with E-state index >= 15 is 0 Å². The lowest BCUT2D eigenvalue weighted by molar-refractivity contribution is 0.207. The molecule has 1 saturated carbocycles. The third kappa shape index (κ3) is 4.39. The fourth-order valence-corrected chi connectivity index (χ4v) is 2.73. The summed E-state index contributed by atoms with van der Waals surface area (Å²) >= 11 is 6.31. The lowest BCUT2D eigenvalue weighted by Gasteiger charge is -2.18. The molecule has 1 aromatic carbocycles. The SMILES string of the molecule is CC(C)CNCc1c(Cl)cccc1OC1CCCC1. The Hall–Kier alpha value is -0.730. The summed E-state index contributed by atoms with van der Waals surface area (Å²) in [6.45, 7) is 6.18. The molecule has 0 bridgehead atoms. The summed E-state index contributed by atoms with van der Waals surface area (Å²) in [4.78, 5) is 0. The van der Waals surface area contributed by atoms with E-state index in [0.29, 0.717) is 12.0 Å². The first kappa shape index (κ1) is 14.7. The second-order valence-electron chi connectivity index (χ2n) is 5.77. The van der Waals surface area contributed by atoms with E-state index in [1.54, 1.807) is 0 Å². The van der Waals surface area contributed by atoms with Crippen molar-refractivity contribution in [3.63, 3.8) is 0 Å². The molecule has 2 nitrogen and oxygen atoms in total. The van der Waals surface area contributed by atoms with E-state index in [4.69, 9.17) is 16.3 Å². The van der Waals surface area contributed by atoms with Crippen molar-refractivity contribution in [2.75, 3.05) is 6.54 Å². The molecule has 0 aliphatic heterocycles. The van der Waals surface area contributed by atoms with Gasteiger partial charge in [0.25, 0.3) is 0 Å². The van der Waals surface area contributed by atoms with Gasteiger partial charge in [-0.25, -0.2) is 0 Å². The maximum atomic E-state index is 6.31. The van der Waals surface area contributed by atoms with Gasteiger partial charge >= 0.3 is 0 Å². The molecule has 2 rings (SSSR count). The van der Waals surface area contributed by atoms with Crippen molar-refractivity contribution in [1.82, 2.24) is 5.32 Å². The molecule has 0 aromatic heterocycles. The van der Waals surface area contributed by atoms with Gasteiger partial charge in [0, 0.05) is 17.1 Å². The molecule has 0 spiro atoms. The van der Waals surface area contributed by atoms with Gasteiger partial charge in [0.05, 0.1) is 6.10 Å². The summed E-state index contributed by atoms with van der Waals surface area (Å²) in [6.07, 6.45) is 5.29. The molecule has 1 aliphatic rings. The molecule has 1 aromatic rings. The highest BCUT2D eigenvalue weighted by molar-refractivity contribution is 6.31. The highest BCUT2D eigenvalue weighted by atomic mass is 35.5. The number of hydrogen-bond donors (Lipinski definition) is 1. The van der Waals surface area contributed by atoms with Crippen LogP contribution < -0.4 is 10.1 Å². The maximum absolute atomic E-state index is 6.31. The van der Waals surface area contributed by atoms with E-state index in [2.05, 4.69) is 19.2 Å². The van der Waals surface area contributed by atoms with Crippen molar-refractivity contribution in [3.05, 3.63) is 28.8 Å². The van der Waals surface area contributed by atoms with Gasteiger partial charge in [-0.3, -0.25) is 0 Å². The zero-order valence-corrected chi connectivity index (χ0v) is 12.7. The van der Waals surface area contributed by atoms with Crippen LogP contribution in [-0.4, -0.2) is 12.6 Å². The molecule has 3 heteroatoms. The molecule has 0 amide bonds. The Balaban J connectivity index is 2.02. The van der Waals surface area contributed by atoms with Crippen molar-refractivity contribution >= 4 is 11.6 Å². The van der Waals surface area contributed by atoms with Gasteiger partial charge in [-0.15, -0.1) is 0 Å². The highest BCUT2D eigenvalue weighted by Gasteiger charge is 2.18. The number of rotatable bonds is 6. The third-order valence-corrected chi connectivity index (χ3v) is 3.88. The summed E-state index contributed by atoms with van der Waals surface area (Å²) in [6, 6.07) is 5.95. The lowest BCUT2D eigenvalue weighted by Crippen LogP contribution is -2.20. The zero-order chi connectivity index (χ0) is 13.7. The van der Waals surface area contributed by atoms with E-state index in [1.165, 1.54) is 25.7 Å². The minimum absolute atomic E-state index is 0.377. The Morgan fingerprint density at radius 2 is 2.05 bits per heavy atom. The molecule has 106 valence electrons. The molecule has 0 radical (unpaired) electrons. The standard InChI is InChI=1S/C16H24ClNO/c1-12(2)10-18-11-14-15(17)8-5-9-16(14)19-13-6-3-4-7-13/h5,8-9,12-13,18H,3-4,6-7,10-11H2,1-2H3. The van der Waals surface area contributed by atoms with Gasteiger partial charge in [0.15, 0.2) is 0 Å². The van der Waals surface area contributed by atoms with Crippen LogP contribution in [0.1, 0.15) is 45.1 Å². The Bertz CT molecular complexity index is 400. The van der Waals surface area contributed by atoms with Crippen molar-refractivity contribution in [2.45, 2.75) is 52.2 Å². The van der Waals surface area contributed by atoms with Crippen molar-refractivity contribution in [3.8, 4) is 5.75 Å². The van der Waals surface area contributed by atoms with Gasteiger partial charge < -0.3 is 10.1 Å². The number of halogens is 1. The van der Waals surface area contributed by atoms with Crippen LogP contribution in [0.15, 0.2) is 18.2 Å². The number of nitrogens with one attached hydrogen (secondary N) is 1. The van der Waals surface area contributed by atoms with Crippen molar-refractivity contribution < 1.29 is 4.74 Å². The fraction of sp³-hybridized carbons (Fsp3) is 0.625. The fourth-order valence-electron chi connectivity index (χ4n) is 2.49. The van der Waals surface area contributed by atoms with E-state index in [1.807, 2.05) is 18.2 Å². The number of ether oxygens (including phenoxy) is 1. The van der Waals surface area contributed by atoms with Gasteiger partial charge in [-0.05, 0) is 50.3 Å². The van der Waals surface area contributed by atoms with Crippen LogP contribution in [-0.2, 0) is 6.54 Å². The molecule has 0 saturated heterocycles. The maximum Gasteiger partial charge on any atom is 0.125 e. The summed E-state index contributed by atoms with van der Waals surface area (Å²) < 4.78 is 6.12. The second kappa shape index (κ2) is 7.16. The normalized spacial score (nSPS) is 16.2. The first-order valence-corrected chi connectivity index (χ1v) is 7.69. The second-order valence-corrected chi connectivity index (χ2v) is 6.17. The largest absolute Gasteiger partial charge is 0.490 e. The smallest absolute Gasteiger partial charge is 0.125 e. The molecule has 1 aliphatic carbocycles. The van der Waals surface area contributed by atoms with Gasteiger partial charge in [0.2, 0.25) is 0 Å². The minimum atomic E-state index is 0.377. The summed E-state index contributed by atoms with van der Waals surface area (Å²) in [7, 11) is 0. The van der Waals surface area contributed by atoms with Crippen molar-refractivity contribution in [2.24, 2.45) is 5.92 Å². The van der Waals surface area contributed by atoms with Crippen LogP contribution in [0.4, 0.5) is 0 Å². The topological polar surface area (TPSA) is 21.3 Å². The summed E-state index contributed by atoms with van der Waals surface area (Å²) in [5.41, 5.74) is 1.09. The quantitative estimate of drug-likeness (QED) is 0.834. The number of hydrogen-bond acceptors (Lipinski definition) is 2. The molecular weight excluding hydrogens is 258 g/mol. The Labute approximate surface area is 121 Å². The molecule has 1 fully saturated rings. The molecule has 0 heterocycles. The lowest BCUT2D eigenvalue weighted by atomic mass is 10.1. The van der Waals surface area contributed by atoms with E-state index < -0.39 is 0 Å². The molecule has 19 heavy (non-hydrogen) atoms. The highest BCUT2D eigenvalue weighted by Crippen LogP contribution is 2.30. The first-order chi connectivity index (χ1) is 9.16. The third-order valence-electron chi connectivity index (χ3n) is 3.53. The van der Waals surface area contributed by atoms with Crippen molar-refractivity contribution in [1.29, 1.82) is 0 Å². The Morgan fingerprint density at radius 3 is 2.74 bits per heavy atom. The van der Waals surface area contributed by atoms with E-state index in [0.717, 1.165) is 29.4 Å². The van der Waals surface area contributed by atoms with Crippen LogP contribution >= 0.6 is 11.6 Å². The number of benzene rings is 1. The van der Waals surface area contributed by atoms with Gasteiger partial charge in [-0.2, -0.15) is 0 Å². The first-order valence-electron chi connectivity index (χ1n) is 7.31. The minimum Gasteiger partial charge on any atom is -0.490 e. The van der Waals surface area contributed by atoms with Crippen LogP contribution in [0.25, 0.3) is 0 Å². The molecule has 0 unspecified atom stereocenters. The summed E-state index contributed by atoms with van der Waals surface area (Å²) in [5, 5.41) is 4.24. The average Bonchev–Trinajstić information content (AvgIpc) is 2.85. The van der Waals surface area contributed by atoms with Gasteiger partial charge in [-0.1, -0.05) is 31.5 Å². The zero-order valence-electron chi connectivity index (χ0n) is 11.9. The van der Waals surface area contributed by atoms with Crippen LogP contribution in [0, 0.1) is 5.92 Å². The molecular formula is C16H24ClNO. The summed E-state index contributed by atoms with van der Waals surface area (Å²) in [5.74, 6) is 1.59. The molecule has 0 atom stereocenters. The van der Waals surface area contributed by atoms with Crippen LogP contribution in [0.2, 0.25) is 5.02 Å². The van der Waals surface area contributed by atoms with Crippen LogP contribution in [0.5, 0.6) is 5.75 Å². The van der Waals surface area contributed by atoms with Gasteiger partial charge in [0.1, 0.15) is 5.75 Å². The monoisotopic (exact) mass is 281 g/mol.